The fraction of sp³-hybridized carbons (Fsp3) is 0.304. The molecule has 2 aromatic carbocycles. The van der Waals surface area contributed by atoms with E-state index in [2.05, 4.69) is 15.3 Å². The molecule has 0 bridgehead atoms. The summed E-state index contributed by atoms with van der Waals surface area (Å²) >= 11 is 0. The number of rotatable bonds is 6. The Kier molecular flexibility index (Phi) is 6.08. The second kappa shape index (κ2) is 9.09. The summed E-state index contributed by atoms with van der Waals surface area (Å²) in [7, 11) is 0. The molecule has 8 nitrogen and oxygen atoms in total. The van der Waals surface area contributed by atoms with E-state index in [0.717, 1.165) is 11.1 Å². The number of nitrogens with one attached hydrogen (secondary N) is 1. The van der Waals surface area contributed by atoms with Gasteiger partial charge in [-0.25, -0.2) is 9.97 Å². The largest absolute Gasteiger partial charge is 0.372 e. The van der Waals surface area contributed by atoms with E-state index in [1.807, 2.05) is 79.4 Å². The quantitative estimate of drug-likeness (QED) is 0.473. The van der Waals surface area contributed by atoms with Crippen LogP contribution in [0.2, 0.25) is 0 Å². The van der Waals surface area contributed by atoms with E-state index in [1.165, 1.54) is 6.33 Å². The lowest BCUT2D eigenvalue weighted by atomic mass is 9.98. The molecule has 160 valence electrons. The Bertz CT molecular complexity index is 982. The Morgan fingerprint density at radius 1 is 1.00 bits per heavy atom. The van der Waals surface area contributed by atoms with Gasteiger partial charge in [0.05, 0.1) is 23.2 Å². The van der Waals surface area contributed by atoms with Crippen molar-refractivity contribution in [2.75, 3.05) is 23.3 Å². The van der Waals surface area contributed by atoms with Crippen molar-refractivity contribution < 1.29 is 9.66 Å². The van der Waals surface area contributed by atoms with Crippen LogP contribution in [0, 0.1) is 10.1 Å². The monoisotopic (exact) mass is 419 g/mol. The highest BCUT2D eigenvalue weighted by Gasteiger charge is 2.32. The summed E-state index contributed by atoms with van der Waals surface area (Å²) in [5, 5.41) is 15.4. The number of hydrogen-bond acceptors (Lipinski definition) is 7. The van der Waals surface area contributed by atoms with Crippen LogP contribution in [0.5, 0.6) is 0 Å². The summed E-state index contributed by atoms with van der Waals surface area (Å²) in [6, 6.07) is 19.3. The van der Waals surface area contributed by atoms with Crippen LogP contribution in [0.15, 0.2) is 67.0 Å². The van der Waals surface area contributed by atoms with E-state index < -0.39 is 4.92 Å². The highest BCUT2D eigenvalue weighted by molar-refractivity contribution is 5.71. The molecule has 1 N–H and O–H groups in total. The zero-order valence-corrected chi connectivity index (χ0v) is 17.5. The molecule has 0 spiro atoms. The van der Waals surface area contributed by atoms with Crippen LogP contribution < -0.4 is 10.2 Å². The molecule has 3 aromatic rings. The number of nitro groups is 1. The number of nitrogens with zero attached hydrogens (tertiary/aromatic N) is 4. The lowest BCUT2D eigenvalue weighted by Crippen LogP contribution is -2.46. The zero-order valence-electron chi connectivity index (χ0n) is 17.5. The molecule has 0 amide bonds. The van der Waals surface area contributed by atoms with Gasteiger partial charge < -0.3 is 15.0 Å². The van der Waals surface area contributed by atoms with Gasteiger partial charge in [0.1, 0.15) is 6.33 Å². The molecule has 1 fully saturated rings. The third-order valence-electron chi connectivity index (χ3n) is 5.25. The van der Waals surface area contributed by atoms with E-state index in [9.17, 15) is 10.1 Å². The summed E-state index contributed by atoms with van der Waals surface area (Å²) in [4.78, 5) is 22.2. The maximum absolute atomic E-state index is 12.1. The van der Waals surface area contributed by atoms with Crippen LogP contribution in [0.3, 0.4) is 0 Å². The Labute approximate surface area is 181 Å². The van der Waals surface area contributed by atoms with Gasteiger partial charge in [-0.1, -0.05) is 60.7 Å². The zero-order chi connectivity index (χ0) is 21.8. The number of benzene rings is 2. The smallest absolute Gasteiger partial charge is 0.353 e. The van der Waals surface area contributed by atoms with Gasteiger partial charge in [0.15, 0.2) is 0 Å². The number of hydrogen-bond donors (Lipinski definition) is 1. The van der Waals surface area contributed by atoms with Crippen molar-refractivity contribution in [3.63, 3.8) is 0 Å². The summed E-state index contributed by atoms with van der Waals surface area (Å²) in [6.45, 7) is 4.97. The third-order valence-corrected chi connectivity index (χ3v) is 5.25. The third kappa shape index (κ3) is 4.64. The van der Waals surface area contributed by atoms with Crippen molar-refractivity contribution in [2.24, 2.45) is 0 Å². The van der Waals surface area contributed by atoms with Gasteiger partial charge in [-0.3, -0.25) is 10.1 Å². The number of aromatic nitrogens is 2. The fourth-order valence-corrected chi connectivity index (χ4v) is 4.01. The first-order chi connectivity index (χ1) is 15.0. The Hall–Kier alpha value is -3.52. The molecule has 0 aliphatic carbocycles. The summed E-state index contributed by atoms with van der Waals surface area (Å²) in [5.41, 5.74) is 1.84. The highest BCUT2D eigenvalue weighted by Crippen LogP contribution is 2.36. The lowest BCUT2D eigenvalue weighted by molar-refractivity contribution is -0.383. The molecule has 8 heteroatoms. The van der Waals surface area contributed by atoms with Gasteiger partial charge in [-0.05, 0) is 25.0 Å². The summed E-state index contributed by atoms with van der Waals surface area (Å²) < 4.78 is 5.78. The van der Waals surface area contributed by atoms with Crippen molar-refractivity contribution in [1.82, 2.24) is 9.97 Å². The van der Waals surface area contributed by atoms with Crippen molar-refractivity contribution in [3.8, 4) is 0 Å². The molecule has 1 saturated heterocycles. The molecule has 4 rings (SSSR count). The minimum absolute atomic E-state index is 0.0453. The molecule has 2 unspecified atom stereocenters. The maximum atomic E-state index is 12.1. The predicted octanol–water partition coefficient (Wildman–Crippen LogP) is 4.20. The Balaban J connectivity index is 1.75. The fourth-order valence-electron chi connectivity index (χ4n) is 4.01. The first kappa shape index (κ1) is 20.7. The van der Waals surface area contributed by atoms with Gasteiger partial charge in [0.25, 0.3) is 0 Å². The maximum Gasteiger partial charge on any atom is 0.353 e. The highest BCUT2D eigenvalue weighted by atomic mass is 16.6. The standard InChI is InChI=1S/C23H25N5O3/c1-16-13-27(14-17(2)31-16)23-21(28(29)30)22(24-15-25-23)26-20(18-9-5-3-6-10-18)19-11-7-4-8-12-19/h3-12,15-17,20H,13-14H2,1-2H3,(H,24,25,26). The van der Waals surface area contributed by atoms with E-state index in [4.69, 9.17) is 4.74 Å². The SMILES string of the molecule is CC1CN(c2ncnc(NC(c3ccccc3)c3ccccc3)c2[N+](=O)[O-])CC(C)O1. The number of ether oxygens (including phenoxy) is 1. The van der Waals surface area contributed by atoms with Crippen LogP contribution in [-0.4, -0.2) is 40.2 Å². The topological polar surface area (TPSA) is 93.4 Å². The van der Waals surface area contributed by atoms with Gasteiger partial charge >= 0.3 is 5.69 Å². The Morgan fingerprint density at radius 3 is 2.06 bits per heavy atom. The van der Waals surface area contributed by atoms with Crippen LogP contribution in [0.1, 0.15) is 31.0 Å². The average Bonchev–Trinajstić information content (AvgIpc) is 2.77. The minimum Gasteiger partial charge on any atom is -0.372 e. The van der Waals surface area contributed by atoms with Crippen molar-refractivity contribution in [1.29, 1.82) is 0 Å². The molecular weight excluding hydrogens is 394 g/mol. The summed E-state index contributed by atoms with van der Waals surface area (Å²) in [5.74, 6) is 0.504. The molecular formula is C23H25N5O3. The first-order valence-electron chi connectivity index (χ1n) is 10.3. The molecule has 2 atom stereocenters. The number of anilines is 2. The van der Waals surface area contributed by atoms with E-state index in [1.54, 1.807) is 0 Å². The average molecular weight is 419 g/mol. The molecule has 0 radical (unpaired) electrons. The molecule has 31 heavy (non-hydrogen) atoms. The van der Waals surface area contributed by atoms with Crippen LogP contribution >= 0.6 is 0 Å². The van der Waals surface area contributed by atoms with Gasteiger partial charge in [-0.2, -0.15) is 0 Å². The van der Waals surface area contributed by atoms with Gasteiger partial charge in [0, 0.05) is 13.1 Å². The Morgan fingerprint density at radius 2 is 1.55 bits per heavy atom. The van der Waals surface area contributed by atoms with Crippen LogP contribution in [0.25, 0.3) is 0 Å². The summed E-state index contributed by atoms with van der Waals surface area (Å²) in [6.07, 6.45) is 1.29. The van der Waals surface area contributed by atoms with Crippen molar-refractivity contribution in [2.45, 2.75) is 32.1 Å². The first-order valence-corrected chi connectivity index (χ1v) is 10.3. The number of morpholine rings is 1. The molecule has 1 aromatic heterocycles. The van der Waals surface area contributed by atoms with Gasteiger partial charge in [-0.15, -0.1) is 0 Å². The molecule has 1 aliphatic heterocycles. The predicted molar refractivity (Wildman–Crippen MR) is 119 cm³/mol. The van der Waals surface area contributed by atoms with Crippen molar-refractivity contribution >= 4 is 17.3 Å². The van der Waals surface area contributed by atoms with Crippen LogP contribution in [-0.2, 0) is 4.74 Å². The molecule has 1 aliphatic rings. The van der Waals surface area contributed by atoms with Crippen LogP contribution in [0.4, 0.5) is 17.3 Å². The van der Waals surface area contributed by atoms with Gasteiger partial charge in [0.2, 0.25) is 11.6 Å². The normalized spacial score (nSPS) is 18.7. The molecule has 2 heterocycles. The van der Waals surface area contributed by atoms with E-state index in [0.29, 0.717) is 18.9 Å². The second-order valence-corrected chi connectivity index (χ2v) is 7.71. The minimum atomic E-state index is -0.407. The van der Waals surface area contributed by atoms with E-state index in [-0.39, 0.29) is 29.8 Å². The van der Waals surface area contributed by atoms with E-state index >= 15 is 0 Å². The van der Waals surface area contributed by atoms with Crippen molar-refractivity contribution in [3.05, 3.63) is 88.2 Å². The lowest BCUT2D eigenvalue weighted by Gasteiger charge is -2.35. The second-order valence-electron chi connectivity index (χ2n) is 7.71. The molecule has 0 saturated carbocycles.